The summed E-state index contributed by atoms with van der Waals surface area (Å²) in [4.78, 5) is 5.26. The van der Waals surface area contributed by atoms with Gasteiger partial charge in [-0.3, -0.25) is 0 Å². The first-order valence-electron chi connectivity index (χ1n) is 6.24. The number of oxime groups is 1. The van der Waals surface area contributed by atoms with Crippen LogP contribution >= 0.6 is 0 Å². The Morgan fingerprint density at radius 2 is 1.70 bits per heavy atom. The Morgan fingerprint density at radius 1 is 0.950 bits per heavy atom. The lowest BCUT2D eigenvalue weighted by Crippen LogP contribution is -1.90. The van der Waals surface area contributed by atoms with Crippen LogP contribution in [0.15, 0.2) is 53.7 Å². The molecule has 2 rings (SSSR count). The van der Waals surface area contributed by atoms with Crippen molar-refractivity contribution in [3.8, 4) is 11.5 Å². The van der Waals surface area contributed by atoms with E-state index in [0.29, 0.717) is 6.61 Å². The number of nitrogens with zero attached hydrogens (tertiary/aromatic N) is 1. The van der Waals surface area contributed by atoms with Crippen LogP contribution in [0.3, 0.4) is 0 Å². The first-order chi connectivity index (χ1) is 9.81. The highest BCUT2D eigenvalue weighted by atomic mass is 16.6. The van der Waals surface area contributed by atoms with Gasteiger partial charge in [-0.25, -0.2) is 0 Å². The third-order valence-electron chi connectivity index (χ3n) is 2.76. The lowest BCUT2D eigenvalue weighted by molar-refractivity contribution is 0.132. The minimum Gasteiger partial charge on any atom is -0.497 e. The van der Waals surface area contributed by atoms with Gasteiger partial charge >= 0.3 is 0 Å². The number of benzene rings is 2. The van der Waals surface area contributed by atoms with Crippen molar-refractivity contribution in [2.24, 2.45) is 5.16 Å². The van der Waals surface area contributed by atoms with Gasteiger partial charge in [0.2, 0.25) is 0 Å². The lowest BCUT2D eigenvalue weighted by Gasteiger charge is -2.03. The minimum atomic E-state index is 0.407. The van der Waals surface area contributed by atoms with Crippen LogP contribution in [0, 0.1) is 0 Å². The topological polar surface area (TPSA) is 40.0 Å². The summed E-state index contributed by atoms with van der Waals surface area (Å²) in [6.07, 6.45) is 1.67. The van der Waals surface area contributed by atoms with Crippen LogP contribution in [0.1, 0.15) is 11.1 Å². The summed E-state index contributed by atoms with van der Waals surface area (Å²) in [7, 11) is 3.28. The fourth-order valence-electron chi connectivity index (χ4n) is 1.66. The maximum atomic E-state index is 5.26. The molecule has 0 spiro atoms. The number of rotatable bonds is 6. The van der Waals surface area contributed by atoms with E-state index in [0.717, 1.165) is 22.6 Å². The van der Waals surface area contributed by atoms with Gasteiger partial charge in [-0.1, -0.05) is 17.3 Å². The van der Waals surface area contributed by atoms with Gasteiger partial charge in [-0.2, -0.15) is 0 Å². The number of hydrogen-bond donors (Lipinski definition) is 0. The molecule has 20 heavy (non-hydrogen) atoms. The van der Waals surface area contributed by atoms with E-state index in [-0.39, 0.29) is 0 Å². The van der Waals surface area contributed by atoms with E-state index >= 15 is 0 Å². The highest BCUT2D eigenvalue weighted by Gasteiger charge is 1.96. The molecule has 0 radical (unpaired) electrons. The molecule has 0 amide bonds. The molecule has 0 unspecified atom stereocenters. The van der Waals surface area contributed by atoms with Gasteiger partial charge in [0, 0.05) is 0 Å². The van der Waals surface area contributed by atoms with Crippen molar-refractivity contribution >= 4 is 6.21 Å². The monoisotopic (exact) mass is 271 g/mol. The van der Waals surface area contributed by atoms with E-state index in [1.165, 1.54) is 0 Å². The molecule has 104 valence electrons. The Balaban J connectivity index is 1.86. The number of methoxy groups -OCH3 is 2. The molecule has 0 heterocycles. The van der Waals surface area contributed by atoms with Crippen LogP contribution in [0.4, 0.5) is 0 Å². The molecule has 4 nitrogen and oxygen atoms in total. The minimum absolute atomic E-state index is 0.407. The molecule has 0 saturated heterocycles. The number of hydrogen-bond acceptors (Lipinski definition) is 4. The average Bonchev–Trinajstić information content (AvgIpc) is 2.52. The summed E-state index contributed by atoms with van der Waals surface area (Å²) in [5.41, 5.74) is 1.97. The third-order valence-corrected chi connectivity index (χ3v) is 2.76. The summed E-state index contributed by atoms with van der Waals surface area (Å²) >= 11 is 0. The van der Waals surface area contributed by atoms with Crippen molar-refractivity contribution in [2.75, 3.05) is 14.2 Å². The largest absolute Gasteiger partial charge is 0.497 e. The van der Waals surface area contributed by atoms with Gasteiger partial charge in [0.1, 0.15) is 18.1 Å². The van der Waals surface area contributed by atoms with Gasteiger partial charge in [0.05, 0.1) is 20.4 Å². The Morgan fingerprint density at radius 3 is 2.40 bits per heavy atom. The standard InChI is InChI=1S/C16H17NO3/c1-18-15-8-6-13(7-9-15)11-17-20-12-14-4-3-5-16(10-14)19-2/h3-11H,12H2,1-2H3. The zero-order valence-electron chi connectivity index (χ0n) is 11.6. The van der Waals surface area contributed by atoms with Gasteiger partial charge < -0.3 is 14.3 Å². The van der Waals surface area contributed by atoms with Gasteiger partial charge in [0.15, 0.2) is 0 Å². The molecule has 0 bridgehead atoms. The highest BCUT2D eigenvalue weighted by Crippen LogP contribution is 2.13. The first-order valence-corrected chi connectivity index (χ1v) is 6.24. The third kappa shape index (κ3) is 4.02. The van der Waals surface area contributed by atoms with E-state index < -0.39 is 0 Å². The first kappa shape index (κ1) is 13.9. The second-order valence-electron chi connectivity index (χ2n) is 4.13. The average molecular weight is 271 g/mol. The molecule has 0 aromatic heterocycles. The van der Waals surface area contributed by atoms with Crippen LogP contribution in [-0.2, 0) is 11.4 Å². The van der Waals surface area contributed by atoms with Crippen LogP contribution in [0.5, 0.6) is 11.5 Å². The van der Waals surface area contributed by atoms with Gasteiger partial charge in [-0.15, -0.1) is 0 Å². The van der Waals surface area contributed by atoms with Crippen molar-refractivity contribution in [1.82, 2.24) is 0 Å². The lowest BCUT2D eigenvalue weighted by atomic mass is 10.2. The van der Waals surface area contributed by atoms with Crippen molar-refractivity contribution in [3.05, 3.63) is 59.7 Å². The maximum absolute atomic E-state index is 5.26. The molecule has 0 atom stereocenters. The second kappa shape index (κ2) is 7.19. The molecule has 2 aromatic rings. The Labute approximate surface area is 118 Å². The molecule has 0 aliphatic carbocycles. The molecule has 0 saturated carbocycles. The quantitative estimate of drug-likeness (QED) is 0.598. The van der Waals surface area contributed by atoms with E-state index in [9.17, 15) is 0 Å². The van der Waals surface area contributed by atoms with Crippen molar-refractivity contribution in [2.45, 2.75) is 6.61 Å². The predicted octanol–water partition coefficient (Wildman–Crippen LogP) is 3.25. The zero-order chi connectivity index (χ0) is 14.2. The Kier molecular flexibility index (Phi) is 5.00. The SMILES string of the molecule is COc1ccc(C=NOCc2cccc(OC)c2)cc1. The Hall–Kier alpha value is -2.49. The van der Waals surface area contributed by atoms with Crippen LogP contribution < -0.4 is 9.47 Å². The zero-order valence-corrected chi connectivity index (χ0v) is 11.6. The van der Waals surface area contributed by atoms with Crippen molar-refractivity contribution < 1.29 is 14.3 Å². The second-order valence-corrected chi connectivity index (χ2v) is 4.13. The van der Waals surface area contributed by atoms with Crippen LogP contribution in [-0.4, -0.2) is 20.4 Å². The molecule has 4 heteroatoms. The molecule has 0 aliphatic heterocycles. The van der Waals surface area contributed by atoms with Crippen LogP contribution in [0.25, 0.3) is 0 Å². The van der Waals surface area contributed by atoms with Crippen LogP contribution in [0.2, 0.25) is 0 Å². The predicted molar refractivity (Wildman–Crippen MR) is 78.4 cm³/mol. The molecular weight excluding hydrogens is 254 g/mol. The van der Waals surface area contributed by atoms with Gasteiger partial charge in [-0.05, 0) is 47.5 Å². The summed E-state index contributed by atoms with van der Waals surface area (Å²) in [5, 5.41) is 3.94. The normalized spacial score (nSPS) is 10.5. The molecule has 2 aromatic carbocycles. The Bertz CT molecular complexity index is 564. The summed E-state index contributed by atoms with van der Waals surface area (Å²) in [5.74, 6) is 1.63. The van der Waals surface area contributed by atoms with Gasteiger partial charge in [0.25, 0.3) is 0 Å². The van der Waals surface area contributed by atoms with E-state index in [1.54, 1.807) is 20.4 Å². The van der Waals surface area contributed by atoms with Crippen molar-refractivity contribution in [1.29, 1.82) is 0 Å². The summed E-state index contributed by atoms with van der Waals surface area (Å²) in [6, 6.07) is 15.3. The molecule has 0 N–H and O–H groups in total. The van der Waals surface area contributed by atoms with E-state index in [4.69, 9.17) is 14.3 Å². The van der Waals surface area contributed by atoms with E-state index in [1.807, 2.05) is 48.5 Å². The number of ether oxygens (including phenoxy) is 2. The fraction of sp³-hybridized carbons (Fsp3) is 0.188. The highest BCUT2D eigenvalue weighted by molar-refractivity contribution is 5.79. The summed E-state index contributed by atoms with van der Waals surface area (Å²) in [6.45, 7) is 0.407. The summed E-state index contributed by atoms with van der Waals surface area (Å²) < 4.78 is 10.2. The molecule has 0 fully saturated rings. The van der Waals surface area contributed by atoms with Crippen molar-refractivity contribution in [3.63, 3.8) is 0 Å². The maximum Gasteiger partial charge on any atom is 0.142 e. The van der Waals surface area contributed by atoms with E-state index in [2.05, 4.69) is 5.16 Å². The molecular formula is C16H17NO3. The fourth-order valence-corrected chi connectivity index (χ4v) is 1.66. The smallest absolute Gasteiger partial charge is 0.142 e. The molecule has 0 aliphatic rings.